The fourth-order valence-corrected chi connectivity index (χ4v) is 6.84. The van der Waals surface area contributed by atoms with Crippen LogP contribution in [0.3, 0.4) is 0 Å². The van der Waals surface area contributed by atoms with E-state index in [0.717, 1.165) is 36.1 Å². The van der Waals surface area contributed by atoms with Crippen LogP contribution in [0.2, 0.25) is 0 Å². The van der Waals surface area contributed by atoms with Crippen LogP contribution in [0.1, 0.15) is 199 Å². The molecule has 0 heterocycles. The fourth-order valence-electron chi connectivity index (χ4n) is 6.84. The summed E-state index contributed by atoms with van der Waals surface area (Å²) in [6.45, 7) is 11.5. The van der Waals surface area contributed by atoms with Crippen molar-refractivity contribution in [1.82, 2.24) is 0 Å². The highest BCUT2D eigenvalue weighted by atomic mass is 27.0. The van der Waals surface area contributed by atoms with Crippen molar-refractivity contribution in [3.05, 3.63) is 142 Å². The monoisotopic (exact) mass is 1090 g/mol. The number of phenolic OH excluding ortho intramolecular Hbond substituents is 5. The van der Waals surface area contributed by atoms with Crippen LogP contribution in [0.5, 0.6) is 34.5 Å². The van der Waals surface area contributed by atoms with Crippen molar-refractivity contribution in [2.45, 2.75) is 150 Å². The summed E-state index contributed by atoms with van der Waals surface area (Å²) in [5.41, 5.74) is 4.70. The summed E-state index contributed by atoms with van der Waals surface area (Å²) >= 11 is 0. The van der Waals surface area contributed by atoms with Crippen LogP contribution in [0.25, 0.3) is 0 Å². The Labute approximate surface area is 486 Å². The Kier molecular flexibility index (Phi) is 52.8. The van der Waals surface area contributed by atoms with E-state index in [4.69, 9.17) is 24.8 Å². The first-order valence-electron chi connectivity index (χ1n) is 25.7. The van der Waals surface area contributed by atoms with Gasteiger partial charge in [-0.1, -0.05) is 147 Å². The van der Waals surface area contributed by atoms with Crippen molar-refractivity contribution in [2.75, 3.05) is 20.3 Å². The first kappa shape index (κ1) is 77.3. The maximum absolute atomic E-state index is 10.3. The number of rotatable bonds is 26. The molecule has 409 valence electrons. The van der Waals surface area contributed by atoms with Gasteiger partial charge >= 0.3 is 0 Å². The zero-order chi connectivity index (χ0) is 54.5. The quantitative estimate of drug-likeness (QED) is 0.0199. The Morgan fingerprint density at radius 3 is 1.17 bits per heavy atom. The van der Waals surface area contributed by atoms with E-state index in [1.54, 1.807) is 73.8 Å². The van der Waals surface area contributed by atoms with E-state index >= 15 is 0 Å². The number of methoxy groups -OCH3 is 1. The number of unbranched alkanes of at least 4 members (excludes halogenated alkanes) is 15. The fraction of sp³-hybridized carbons (Fsp3) is 0.426. The number of aldehydes is 5. The van der Waals surface area contributed by atoms with Crippen molar-refractivity contribution < 1.29 is 59.0 Å². The third kappa shape index (κ3) is 37.5. The smallest absolute Gasteiger partial charge is 0.153 e. The van der Waals surface area contributed by atoms with Gasteiger partial charge in [-0.2, -0.15) is 0 Å². The number of aryl methyl sites for hydroxylation is 3. The van der Waals surface area contributed by atoms with Gasteiger partial charge in [-0.15, -0.1) is 0 Å². The van der Waals surface area contributed by atoms with Crippen LogP contribution < -0.4 is 4.74 Å². The zero-order valence-electron chi connectivity index (χ0n) is 46.1. The summed E-state index contributed by atoms with van der Waals surface area (Å²) in [5, 5.41) is 45.4. The lowest BCUT2D eigenvalue weighted by atomic mass is 10.0. The van der Waals surface area contributed by atoms with Crippen molar-refractivity contribution >= 4 is 83.5 Å². The molecule has 0 fully saturated rings. The molecule has 5 aromatic rings. The molecule has 9 radical (unpaired) electrons. The van der Waals surface area contributed by atoms with E-state index in [2.05, 4.69) is 6.92 Å². The molecule has 0 bridgehead atoms. The van der Waals surface area contributed by atoms with Crippen LogP contribution in [0, 0.1) is 6.92 Å². The molecule has 5 N–H and O–H groups in total. The number of phenols is 5. The molecule has 0 spiro atoms. The van der Waals surface area contributed by atoms with E-state index in [-0.39, 0.29) is 86.4 Å². The summed E-state index contributed by atoms with van der Waals surface area (Å²) in [4.78, 5) is 51.1. The predicted molar refractivity (Wildman–Crippen MR) is 311 cm³/mol. The number of ether oxygens (including phenoxy) is 2. The van der Waals surface area contributed by atoms with Crippen LogP contribution in [-0.4, -0.2) is 129 Å². The van der Waals surface area contributed by atoms with Gasteiger partial charge in [0.15, 0.2) is 31.4 Å². The summed E-state index contributed by atoms with van der Waals surface area (Å²) < 4.78 is 10.2. The first-order chi connectivity index (χ1) is 35.3. The Bertz CT molecular complexity index is 2250. The maximum atomic E-state index is 10.3. The lowest BCUT2D eigenvalue weighted by molar-refractivity contribution is 0.111. The number of benzene rings is 5. The van der Waals surface area contributed by atoms with Crippen molar-refractivity contribution in [3.8, 4) is 34.5 Å². The molecule has 76 heavy (non-hydrogen) atoms. The van der Waals surface area contributed by atoms with Crippen molar-refractivity contribution in [2.24, 2.45) is 0 Å². The average molecular weight is 1090 g/mol. The van der Waals surface area contributed by atoms with Gasteiger partial charge < -0.3 is 35.0 Å². The minimum Gasteiger partial charge on any atom is -0.507 e. The maximum Gasteiger partial charge on any atom is 0.153 e. The number of carbonyl (C=O) groups excluding carboxylic acids is 5. The summed E-state index contributed by atoms with van der Waals surface area (Å²) in [7, 11) is 1.80. The SMILES string of the molecule is CCCCCCCCCCCCCCCCCCOC.CCOc1ccc(C=O)c(O)c1.CCc1ccc(C=O)c(O)c1.CCc1ccc(O)c(C=O)c1.Cc1ccc(C=O)c(O)c1.O=Cc1ccccc1O.[Al].[Al].[Al]. The van der Waals surface area contributed by atoms with Crippen LogP contribution in [0.4, 0.5) is 0 Å². The molecule has 12 nitrogen and oxygen atoms in total. The van der Waals surface area contributed by atoms with E-state index in [0.29, 0.717) is 66.0 Å². The second-order valence-corrected chi connectivity index (χ2v) is 17.2. The second kappa shape index (κ2) is 51.9. The van der Waals surface area contributed by atoms with Gasteiger partial charge in [0, 0.05) is 71.9 Å². The lowest BCUT2D eigenvalue weighted by Crippen LogP contribution is -1.91. The van der Waals surface area contributed by atoms with Gasteiger partial charge in [-0.05, 0) is 110 Å². The molecule has 0 amide bonds. The number of hydrogen-bond donors (Lipinski definition) is 5. The van der Waals surface area contributed by atoms with Crippen molar-refractivity contribution in [1.29, 1.82) is 0 Å². The number of aromatic hydroxyl groups is 5. The second-order valence-electron chi connectivity index (χ2n) is 17.2. The van der Waals surface area contributed by atoms with E-state index < -0.39 is 0 Å². The van der Waals surface area contributed by atoms with Crippen LogP contribution in [-0.2, 0) is 17.6 Å². The number of carbonyl (C=O) groups is 5. The normalized spacial score (nSPS) is 9.45. The molecule has 0 aliphatic heterocycles. The van der Waals surface area contributed by atoms with Gasteiger partial charge in [0.25, 0.3) is 0 Å². The molecule has 5 aromatic carbocycles. The average Bonchev–Trinajstić information content (AvgIpc) is 3.40. The molecule has 0 aromatic heterocycles. The standard InChI is InChI=1S/C19H40O.C9H10O3.2C9H10O2.C8H8O2.C7H6O2.3Al/c1-3-4-5-6-7-8-9-10-11-12-13-14-15-16-17-18-19-20-2;1-2-12-8-4-3-7(6-10)9(11)5-8;1-2-7-3-4-9(11)8(5-7)6-10;1-2-7-3-4-8(6-10)9(11)5-7;1-6-2-3-7(5-9)8(10)4-6;8-5-6-3-1-2-4-7(6)9;;;/h3-19H2,1-2H3;3-6,11H,2H2,1H3;2*3-6,11H,2H2,1H3;2-5,10H,1H3;1-5,9H;;;. The number of para-hydroxylation sites is 1. The van der Waals surface area contributed by atoms with Crippen molar-refractivity contribution in [3.63, 3.8) is 0 Å². The van der Waals surface area contributed by atoms with Gasteiger partial charge in [0.05, 0.1) is 34.4 Å². The Balaban J connectivity index is -0.000000414. The van der Waals surface area contributed by atoms with E-state index in [1.165, 1.54) is 121 Å². The molecule has 0 saturated heterocycles. The molecule has 0 atom stereocenters. The highest BCUT2D eigenvalue weighted by Gasteiger charge is 2.03. The first-order valence-corrected chi connectivity index (χ1v) is 25.7. The minimum absolute atomic E-state index is 0. The zero-order valence-corrected chi connectivity index (χ0v) is 49.6. The minimum atomic E-state index is -0.0454. The molecule has 0 unspecified atom stereocenters. The van der Waals surface area contributed by atoms with Gasteiger partial charge in [0.1, 0.15) is 34.5 Å². The molecular formula is C61H84Al3O12. The van der Waals surface area contributed by atoms with Gasteiger partial charge in [0.2, 0.25) is 0 Å². The van der Waals surface area contributed by atoms with E-state index in [1.807, 2.05) is 39.8 Å². The summed E-state index contributed by atoms with van der Waals surface area (Å²) in [6, 6.07) is 26.1. The molecule has 15 heteroatoms. The third-order valence-electron chi connectivity index (χ3n) is 11.3. The Morgan fingerprint density at radius 1 is 0.395 bits per heavy atom. The highest BCUT2D eigenvalue weighted by molar-refractivity contribution is 5.81. The Hall–Kier alpha value is -5.19. The molecule has 0 saturated carbocycles. The van der Waals surface area contributed by atoms with E-state index in [9.17, 15) is 34.2 Å². The van der Waals surface area contributed by atoms with Crippen LogP contribution >= 0.6 is 0 Å². The highest BCUT2D eigenvalue weighted by Crippen LogP contribution is 2.22. The molecular weight excluding hydrogens is 1010 g/mol. The summed E-state index contributed by atoms with van der Waals surface area (Å²) in [5.74, 6) is 0.732. The van der Waals surface area contributed by atoms with Gasteiger partial charge in [-0.3, -0.25) is 24.0 Å². The molecule has 5 rings (SSSR count). The largest absolute Gasteiger partial charge is 0.507 e. The Morgan fingerprint density at radius 2 is 0.776 bits per heavy atom. The predicted octanol–water partition coefficient (Wildman–Crippen LogP) is 13.6. The van der Waals surface area contributed by atoms with Crippen LogP contribution in [0.15, 0.2) is 97.1 Å². The number of hydrogen-bond acceptors (Lipinski definition) is 12. The molecule has 0 aliphatic rings. The topological polar surface area (TPSA) is 205 Å². The van der Waals surface area contributed by atoms with Gasteiger partial charge in [-0.25, -0.2) is 0 Å². The molecule has 0 aliphatic carbocycles. The third-order valence-corrected chi connectivity index (χ3v) is 11.3. The lowest BCUT2D eigenvalue weighted by Gasteiger charge is -2.03. The summed E-state index contributed by atoms with van der Waals surface area (Å²) in [6.07, 6.45) is 27.8.